The van der Waals surface area contributed by atoms with Gasteiger partial charge in [0, 0.05) is 5.54 Å². The zero-order valence-corrected chi connectivity index (χ0v) is 11.2. The van der Waals surface area contributed by atoms with Gasteiger partial charge in [-0.3, -0.25) is 5.41 Å². The molecule has 0 saturated carbocycles. The molecule has 15 heavy (non-hydrogen) atoms. The van der Waals surface area contributed by atoms with Gasteiger partial charge in [0.25, 0.3) is 0 Å². The van der Waals surface area contributed by atoms with E-state index in [1.54, 1.807) is 13.8 Å². The predicted molar refractivity (Wildman–Crippen MR) is 67.0 cm³/mol. The number of alkyl halides is 1. The average Bonchev–Trinajstić information content (AvgIpc) is 1.73. The lowest BCUT2D eigenvalue weighted by atomic mass is 10.1. The van der Waals surface area contributed by atoms with Crippen molar-refractivity contribution in [2.45, 2.75) is 45.3 Å². The van der Waals surface area contributed by atoms with Gasteiger partial charge in [-0.05, 0) is 34.6 Å². The molecule has 0 spiro atoms. The first-order chi connectivity index (χ1) is 6.52. The molecule has 0 aliphatic rings. The minimum absolute atomic E-state index is 0.113. The van der Waals surface area contributed by atoms with Crippen LogP contribution in [0.25, 0.3) is 0 Å². The van der Waals surface area contributed by atoms with Crippen molar-refractivity contribution in [2.75, 3.05) is 0 Å². The van der Waals surface area contributed by atoms with Crippen LogP contribution in [0.2, 0.25) is 0 Å². The van der Waals surface area contributed by atoms with Crippen LogP contribution < -0.4 is 10.6 Å². The van der Waals surface area contributed by atoms with Crippen molar-refractivity contribution in [1.29, 1.82) is 5.41 Å². The highest BCUT2D eigenvalue weighted by atomic mass is 35.5. The minimum Gasteiger partial charge on any atom is -0.352 e. The summed E-state index contributed by atoms with van der Waals surface area (Å²) >= 11 is 11.6. The smallest absolute Gasteiger partial charge is 0.206 e. The van der Waals surface area contributed by atoms with E-state index in [2.05, 4.69) is 15.6 Å². The lowest BCUT2D eigenvalue weighted by molar-refractivity contribution is 0.487. The third kappa shape index (κ3) is 8.51. The lowest BCUT2D eigenvalue weighted by Crippen LogP contribution is -2.52. The quantitative estimate of drug-likeness (QED) is 0.306. The molecule has 6 heteroatoms. The summed E-state index contributed by atoms with van der Waals surface area (Å²) in [6.45, 7) is 9.10. The van der Waals surface area contributed by atoms with E-state index in [4.69, 9.17) is 28.6 Å². The van der Waals surface area contributed by atoms with E-state index in [1.165, 1.54) is 0 Å². The Kier molecular flexibility index (Phi) is 4.87. The van der Waals surface area contributed by atoms with Crippen LogP contribution in [-0.2, 0) is 0 Å². The van der Waals surface area contributed by atoms with Crippen LogP contribution >= 0.6 is 23.2 Å². The summed E-state index contributed by atoms with van der Waals surface area (Å²) in [6, 6.07) is 0. The number of nitrogens with one attached hydrogen (secondary N) is 3. The van der Waals surface area contributed by atoms with Gasteiger partial charge in [0.2, 0.25) is 5.12 Å². The Balaban J connectivity index is 4.36. The summed E-state index contributed by atoms with van der Waals surface area (Å²) in [7, 11) is 0. The monoisotopic (exact) mass is 252 g/mol. The number of hydrogen-bond donors (Lipinski definition) is 3. The fraction of sp³-hybridized carbons (Fsp3) is 0.778. The van der Waals surface area contributed by atoms with Crippen molar-refractivity contribution >= 4 is 34.3 Å². The predicted octanol–water partition coefficient (Wildman–Crippen LogP) is 2.47. The van der Waals surface area contributed by atoms with Crippen LogP contribution in [0.15, 0.2) is 4.99 Å². The largest absolute Gasteiger partial charge is 0.352 e. The first-order valence-electron chi connectivity index (χ1n) is 4.58. The van der Waals surface area contributed by atoms with E-state index in [1.807, 2.05) is 20.8 Å². The van der Waals surface area contributed by atoms with E-state index in [0.29, 0.717) is 5.17 Å². The third-order valence-corrected chi connectivity index (χ3v) is 1.48. The molecule has 0 bridgehead atoms. The van der Waals surface area contributed by atoms with Crippen LogP contribution in [0.4, 0.5) is 0 Å². The van der Waals surface area contributed by atoms with E-state index in [0.717, 1.165) is 0 Å². The zero-order valence-electron chi connectivity index (χ0n) is 9.70. The van der Waals surface area contributed by atoms with Crippen LogP contribution in [0, 0.1) is 5.41 Å². The molecule has 0 aromatic heterocycles. The van der Waals surface area contributed by atoms with E-state index >= 15 is 0 Å². The summed E-state index contributed by atoms with van der Waals surface area (Å²) in [5.41, 5.74) is -0.198. The maximum Gasteiger partial charge on any atom is 0.206 e. The Morgan fingerprint density at radius 3 is 2.00 bits per heavy atom. The standard InChI is InChI=1S/C9H18Cl2N4/c1-6(10)13-9(5,11)15-7(12)14-8(2,3)4/h1-5H3,(H3,12,14,15). The highest BCUT2D eigenvalue weighted by Crippen LogP contribution is 2.13. The van der Waals surface area contributed by atoms with Gasteiger partial charge in [0.05, 0.1) is 0 Å². The molecular weight excluding hydrogens is 235 g/mol. The highest BCUT2D eigenvalue weighted by molar-refractivity contribution is 6.65. The van der Waals surface area contributed by atoms with Gasteiger partial charge in [-0.15, -0.1) is 0 Å². The molecule has 1 unspecified atom stereocenters. The molecule has 0 radical (unpaired) electrons. The van der Waals surface area contributed by atoms with Crippen LogP contribution in [-0.4, -0.2) is 21.8 Å². The van der Waals surface area contributed by atoms with Gasteiger partial charge >= 0.3 is 0 Å². The number of guanidine groups is 1. The van der Waals surface area contributed by atoms with E-state index < -0.39 is 5.12 Å². The van der Waals surface area contributed by atoms with Crippen LogP contribution in [0.3, 0.4) is 0 Å². The molecule has 1 atom stereocenters. The molecule has 0 saturated heterocycles. The fourth-order valence-corrected chi connectivity index (χ4v) is 1.39. The molecule has 0 rings (SSSR count). The topological polar surface area (TPSA) is 60.3 Å². The van der Waals surface area contributed by atoms with Crippen molar-refractivity contribution in [3.05, 3.63) is 0 Å². The van der Waals surface area contributed by atoms with Crippen LogP contribution in [0.5, 0.6) is 0 Å². The fourth-order valence-electron chi connectivity index (χ4n) is 0.952. The van der Waals surface area contributed by atoms with Gasteiger partial charge in [-0.2, -0.15) is 0 Å². The second-order valence-electron chi connectivity index (χ2n) is 4.44. The maximum absolute atomic E-state index is 7.63. The van der Waals surface area contributed by atoms with E-state index in [9.17, 15) is 0 Å². The second kappa shape index (κ2) is 5.03. The Morgan fingerprint density at radius 2 is 1.67 bits per heavy atom. The van der Waals surface area contributed by atoms with Gasteiger partial charge in [-0.25, -0.2) is 4.99 Å². The van der Waals surface area contributed by atoms with Gasteiger partial charge < -0.3 is 10.6 Å². The molecule has 0 aromatic rings. The summed E-state index contributed by atoms with van der Waals surface area (Å²) in [4.78, 5) is 3.93. The van der Waals surface area contributed by atoms with Crippen LogP contribution in [0.1, 0.15) is 34.6 Å². The summed E-state index contributed by atoms with van der Waals surface area (Å²) in [5, 5.41) is 12.5. The Morgan fingerprint density at radius 1 is 1.20 bits per heavy atom. The van der Waals surface area contributed by atoms with Gasteiger partial charge in [-0.1, -0.05) is 23.2 Å². The third-order valence-electron chi connectivity index (χ3n) is 1.22. The Hall–Kier alpha value is -0.480. The number of rotatable bonds is 2. The van der Waals surface area contributed by atoms with Gasteiger partial charge in [0.15, 0.2) is 5.96 Å². The van der Waals surface area contributed by atoms with Gasteiger partial charge in [0.1, 0.15) is 5.17 Å². The van der Waals surface area contributed by atoms with Crippen molar-refractivity contribution in [3.63, 3.8) is 0 Å². The Bertz CT molecular complexity index is 262. The molecule has 3 N–H and O–H groups in total. The van der Waals surface area contributed by atoms with Crippen molar-refractivity contribution < 1.29 is 0 Å². The molecule has 88 valence electrons. The number of halogens is 2. The molecular formula is C9H18Cl2N4. The highest BCUT2D eigenvalue weighted by Gasteiger charge is 2.22. The molecule has 0 amide bonds. The molecule has 0 aliphatic heterocycles. The first-order valence-corrected chi connectivity index (χ1v) is 5.33. The summed E-state index contributed by atoms with van der Waals surface area (Å²) < 4.78 is 0. The van der Waals surface area contributed by atoms with Crippen molar-refractivity contribution in [3.8, 4) is 0 Å². The summed E-state index contributed by atoms with van der Waals surface area (Å²) in [5.74, 6) is 0.113. The summed E-state index contributed by atoms with van der Waals surface area (Å²) in [6.07, 6.45) is 0. The molecule has 4 nitrogen and oxygen atoms in total. The molecule has 0 aromatic carbocycles. The van der Waals surface area contributed by atoms with Crippen molar-refractivity contribution in [2.24, 2.45) is 4.99 Å². The lowest BCUT2D eigenvalue weighted by Gasteiger charge is -2.27. The number of nitrogens with zero attached hydrogens (tertiary/aromatic N) is 1. The zero-order chi connectivity index (χ0) is 12.3. The number of hydrogen-bond acceptors (Lipinski definition) is 2. The minimum atomic E-state index is -1.10. The second-order valence-corrected chi connectivity index (χ2v) is 5.72. The number of aliphatic imine (C=N–C) groups is 1. The Labute approximate surface area is 101 Å². The first kappa shape index (κ1) is 14.5. The average molecular weight is 253 g/mol. The molecule has 0 fully saturated rings. The SMILES string of the molecule is CC(Cl)=NC(C)(Cl)NC(=N)NC(C)(C)C. The van der Waals surface area contributed by atoms with Crippen molar-refractivity contribution in [1.82, 2.24) is 10.6 Å². The van der Waals surface area contributed by atoms with E-state index in [-0.39, 0.29) is 11.5 Å². The molecule has 0 heterocycles. The normalized spacial score (nSPS) is 16.9. The molecule has 0 aliphatic carbocycles. The maximum atomic E-state index is 7.63.